The van der Waals surface area contributed by atoms with Gasteiger partial charge in [-0.1, -0.05) is 47.7 Å². The number of nitro groups is 1. The normalized spacial score (nSPS) is 11.2. The van der Waals surface area contributed by atoms with E-state index in [-0.39, 0.29) is 5.76 Å². The molecule has 0 bridgehead atoms. The summed E-state index contributed by atoms with van der Waals surface area (Å²) in [5.41, 5.74) is 2.58. The summed E-state index contributed by atoms with van der Waals surface area (Å²) in [6.45, 7) is 1.97. The van der Waals surface area contributed by atoms with Crippen LogP contribution in [0.1, 0.15) is 21.7 Å². The Morgan fingerprint density at radius 3 is 2.72 bits per heavy atom. The highest BCUT2D eigenvalue weighted by molar-refractivity contribution is 7.22. The Morgan fingerprint density at radius 1 is 1.21 bits per heavy atom. The maximum Gasteiger partial charge on any atom is 0.433 e. The van der Waals surface area contributed by atoms with Crippen LogP contribution in [0, 0.1) is 17.0 Å². The number of fused-ring (bicyclic) bond motifs is 1. The molecule has 29 heavy (non-hydrogen) atoms. The molecule has 0 atom stereocenters. The average molecular weight is 406 g/mol. The first-order chi connectivity index (χ1) is 14.0. The van der Waals surface area contributed by atoms with E-state index >= 15 is 0 Å². The summed E-state index contributed by atoms with van der Waals surface area (Å²) in [6.07, 6.45) is 1.52. The average Bonchev–Trinajstić information content (AvgIpc) is 3.36. The number of hydrazone groups is 1. The smallest absolute Gasteiger partial charge is 0.395 e. The molecular formula is C20H14N4O4S. The second-order valence-corrected chi connectivity index (χ2v) is 7.14. The van der Waals surface area contributed by atoms with Gasteiger partial charge in [-0.15, -0.1) is 0 Å². The molecule has 0 aliphatic carbocycles. The van der Waals surface area contributed by atoms with E-state index in [4.69, 9.17) is 4.42 Å². The Labute approximate surface area is 168 Å². The molecule has 4 rings (SSSR count). The van der Waals surface area contributed by atoms with E-state index in [0.717, 1.165) is 32.4 Å². The maximum atomic E-state index is 13.0. The van der Waals surface area contributed by atoms with Crippen LogP contribution in [0.3, 0.4) is 0 Å². The van der Waals surface area contributed by atoms with Crippen LogP contribution < -0.4 is 5.01 Å². The molecular weight excluding hydrogens is 392 g/mol. The Hall–Kier alpha value is -3.85. The van der Waals surface area contributed by atoms with Gasteiger partial charge < -0.3 is 4.42 Å². The number of nitrogens with zero attached hydrogens (tertiary/aromatic N) is 4. The van der Waals surface area contributed by atoms with Gasteiger partial charge in [-0.05, 0) is 36.2 Å². The molecule has 0 radical (unpaired) electrons. The molecule has 0 aliphatic heterocycles. The van der Waals surface area contributed by atoms with Crippen molar-refractivity contribution in [2.24, 2.45) is 5.10 Å². The third-order valence-corrected chi connectivity index (χ3v) is 5.00. The molecule has 2 heterocycles. The van der Waals surface area contributed by atoms with Crippen LogP contribution in [0.4, 0.5) is 11.0 Å². The van der Waals surface area contributed by atoms with Crippen LogP contribution in [-0.4, -0.2) is 22.0 Å². The number of aryl methyl sites for hydroxylation is 1. The van der Waals surface area contributed by atoms with E-state index in [1.54, 1.807) is 0 Å². The molecule has 8 nitrogen and oxygen atoms in total. The van der Waals surface area contributed by atoms with Crippen LogP contribution in [-0.2, 0) is 0 Å². The van der Waals surface area contributed by atoms with Crippen LogP contribution >= 0.6 is 11.3 Å². The summed E-state index contributed by atoms with van der Waals surface area (Å²) in [4.78, 5) is 27.7. The van der Waals surface area contributed by atoms with Crippen LogP contribution in [0.25, 0.3) is 10.2 Å². The summed E-state index contributed by atoms with van der Waals surface area (Å²) in [6, 6.07) is 17.4. The predicted octanol–water partition coefficient (Wildman–Crippen LogP) is 4.79. The van der Waals surface area contributed by atoms with E-state index in [1.165, 1.54) is 23.6 Å². The van der Waals surface area contributed by atoms with E-state index in [9.17, 15) is 14.9 Å². The number of thiazole rings is 1. The predicted molar refractivity (Wildman–Crippen MR) is 111 cm³/mol. The minimum Gasteiger partial charge on any atom is -0.395 e. The van der Waals surface area contributed by atoms with Crippen molar-refractivity contribution in [2.75, 3.05) is 5.01 Å². The molecule has 0 fully saturated rings. The van der Waals surface area contributed by atoms with Gasteiger partial charge in [0.05, 0.1) is 22.5 Å². The van der Waals surface area contributed by atoms with Crippen LogP contribution in [0.15, 0.2) is 70.2 Å². The number of carbonyl (C=O) groups is 1. The van der Waals surface area contributed by atoms with Gasteiger partial charge in [0, 0.05) is 0 Å². The largest absolute Gasteiger partial charge is 0.433 e. The molecule has 0 spiro atoms. The van der Waals surface area contributed by atoms with Gasteiger partial charge >= 0.3 is 11.8 Å². The Balaban J connectivity index is 1.75. The van der Waals surface area contributed by atoms with Crippen molar-refractivity contribution in [3.8, 4) is 0 Å². The van der Waals surface area contributed by atoms with Gasteiger partial charge in [0.2, 0.25) is 10.9 Å². The SMILES string of the molecule is Cc1ccc2nc(N(/N=C/c3ccccc3)C(=O)c3ccc([N+](=O)[O-])o3)sc2c1. The van der Waals surface area contributed by atoms with E-state index < -0.39 is 16.7 Å². The quantitative estimate of drug-likeness (QED) is 0.269. The van der Waals surface area contributed by atoms with Crippen LogP contribution in [0.5, 0.6) is 0 Å². The first-order valence-electron chi connectivity index (χ1n) is 8.56. The minimum absolute atomic E-state index is 0.197. The molecule has 1 amide bonds. The van der Waals surface area contributed by atoms with E-state index in [2.05, 4.69) is 10.1 Å². The summed E-state index contributed by atoms with van der Waals surface area (Å²) in [7, 11) is 0. The van der Waals surface area contributed by atoms with Crippen molar-refractivity contribution in [3.63, 3.8) is 0 Å². The number of amides is 1. The van der Waals surface area contributed by atoms with Crippen molar-refractivity contribution < 1.29 is 14.1 Å². The topological polar surface area (TPSA) is 102 Å². The summed E-state index contributed by atoms with van der Waals surface area (Å²) in [5, 5.41) is 16.6. The Kier molecular flexibility index (Phi) is 4.88. The van der Waals surface area contributed by atoms with Crippen molar-refractivity contribution in [3.05, 3.63) is 87.7 Å². The molecule has 0 unspecified atom stereocenters. The Bertz CT molecular complexity index is 1230. The van der Waals surface area contributed by atoms with Gasteiger partial charge in [0.25, 0.3) is 0 Å². The summed E-state index contributed by atoms with van der Waals surface area (Å²) >= 11 is 1.30. The fourth-order valence-corrected chi connectivity index (χ4v) is 3.63. The lowest BCUT2D eigenvalue weighted by molar-refractivity contribution is -0.402. The molecule has 0 saturated heterocycles. The molecule has 0 aliphatic rings. The number of carbonyl (C=O) groups excluding carboxylic acids is 1. The number of hydrogen-bond acceptors (Lipinski definition) is 7. The first kappa shape index (κ1) is 18.5. The molecule has 4 aromatic rings. The van der Waals surface area contributed by atoms with Crippen molar-refractivity contribution >= 4 is 44.7 Å². The lowest BCUT2D eigenvalue weighted by atomic mass is 10.2. The highest BCUT2D eigenvalue weighted by atomic mass is 32.1. The maximum absolute atomic E-state index is 13.0. The second-order valence-electron chi connectivity index (χ2n) is 6.13. The highest BCUT2D eigenvalue weighted by Gasteiger charge is 2.26. The summed E-state index contributed by atoms with van der Waals surface area (Å²) in [5.74, 6) is -1.36. The zero-order valence-electron chi connectivity index (χ0n) is 15.2. The molecule has 0 saturated carbocycles. The fraction of sp³-hybridized carbons (Fsp3) is 0.0500. The van der Waals surface area contributed by atoms with E-state index in [1.807, 2.05) is 55.5 Å². The highest BCUT2D eigenvalue weighted by Crippen LogP contribution is 2.31. The Morgan fingerprint density at radius 2 is 2.00 bits per heavy atom. The first-order valence-corrected chi connectivity index (χ1v) is 9.38. The zero-order valence-corrected chi connectivity index (χ0v) is 16.0. The van der Waals surface area contributed by atoms with Crippen molar-refractivity contribution in [1.82, 2.24) is 4.98 Å². The zero-order chi connectivity index (χ0) is 20.4. The van der Waals surface area contributed by atoms with Gasteiger partial charge in [-0.2, -0.15) is 10.1 Å². The molecule has 144 valence electrons. The second kappa shape index (κ2) is 7.64. The monoisotopic (exact) mass is 406 g/mol. The number of anilines is 1. The van der Waals surface area contributed by atoms with Crippen molar-refractivity contribution in [2.45, 2.75) is 6.92 Å². The fourth-order valence-electron chi connectivity index (χ4n) is 2.61. The summed E-state index contributed by atoms with van der Waals surface area (Å²) < 4.78 is 5.97. The number of benzene rings is 2. The number of aromatic nitrogens is 1. The van der Waals surface area contributed by atoms with Gasteiger partial charge in [-0.25, -0.2) is 4.98 Å². The van der Waals surface area contributed by atoms with E-state index in [0.29, 0.717) is 5.13 Å². The molecule has 0 N–H and O–H groups in total. The third-order valence-electron chi connectivity index (χ3n) is 4.01. The number of rotatable bonds is 5. The number of hydrogen-bond donors (Lipinski definition) is 0. The van der Waals surface area contributed by atoms with Gasteiger partial charge in [0.15, 0.2) is 0 Å². The standard InChI is InChI=1S/C20H14N4O4S/c1-13-7-8-15-17(11-13)29-20(22-15)23(21-12-14-5-3-2-4-6-14)19(25)16-9-10-18(28-16)24(26)27/h2-12H,1H3/b21-12+. The minimum atomic E-state index is -0.700. The molecule has 2 aromatic heterocycles. The van der Waals surface area contributed by atoms with Crippen molar-refractivity contribution in [1.29, 1.82) is 0 Å². The lowest BCUT2D eigenvalue weighted by Gasteiger charge is -2.11. The molecule has 2 aromatic carbocycles. The lowest BCUT2D eigenvalue weighted by Crippen LogP contribution is -2.25. The molecule has 9 heteroatoms. The van der Waals surface area contributed by atoms with Gasteiger partial charge in [-0.3, -0.25) is 14.9 Å². The van der Waals surface area contributed by atoms with Gasteiger partial charge in [0.1, 0.15) is 4.92 Å². The third kappa shape index (κ3) is 3.90. The number of furan rings is 1. The van der Waals surface area contributed by atoms with Crippen LogP contribution in [0.2, 0.25) is 0 Å².